The summed E-state index contributed by atoms with van der Waals surface area (Å²) in [4.78, 5) is 0. The molecule has 3 nitrogen and oxygen atoms in total. The minimum absolute atomic E-state index is 0.146. The first-order valence-electron chi connectivity index (χ1n) is 8.26. The van der Waals surface area contributed by atoms with Gasteiger partial charge in [-0.1, -0.05) is 74.5 Å². The highest BCUT2D eigenvalue weighted by molar-refractivity contribution is 5.16. The van der Waals surface area contributed by atoms with Gasteiger partial charge in [0.25, 0.3) is 0 Å². The topological polar surface area (TPSA) is 72.3 Å². The van der Waals surface area contributed by atoms with E-state index < -0.39 is 0 Å². The van der Waals surface area contributed by atoms with Gasteiger partial charge in [-0.05, 0) is 37.4 Å². The summed E-state index contributed by atoms with van der Waals surface area (Å²) in [6, 6.07) is 20.3. The molecule has 2 unspecified atom stereocenters. The maximum Gasteiger partial charge on any atom is 0.0691 e. The van der Waals surface area contributed by atoms with Crippen molar-refractivity contribution in [3.8, 4) is 0 Å². The Balaban J connectivity index is 0.000000414. The van der Waals surface area contributed by atoms with Crippen molar-refractivity contribution in [2.45, 2.75) is 45.3 Å². The second kappa shape index (κ2) is 13.9. The zero-order valence-electron chi connectivity index (χ0n) is 14.7. The van der Waals surface area contributed by atoms with Gasteiger partial charge in [-0.25, -0.2) is 0 Å². The second-order valence-corrected chi connectivity index (χ2v) is 5.17. The fourth-order valence-electron chi connectivity index (χ4n) is 2.04. The van der Waals surface area contributed by atoms with E-state index in [2.05, 4.69) is 36.9 Å². The molecule has 0 aromatic heterocycles. The molecule has 2 rings (SSSR count). The molecule has 128 valence electrons. The molecule has 5 N–H and O–H groups in total. The van der Waals surface area contributed by atoms with E-state index in [1.807, 2.05) is 43.3 Å². The van der Waals surface area contributed by atoms with Crippen molar-refractivity contribution in [3.05, 3.63) is 71.8 Å². The Morgan fingerprint density at radius 1 is 0.826 bits per heavy atom. The van der Waals surface area contributed by atoms with Crippen molar-refractivity contribution < 1.29 is 5.11 Å². The summed E-state index contributed by atoms with van der Waals surface area (Å²) >= 11 is 0. The molecule has 0 aliphatic heterocycles. The molecular weight excluding hydrogens is 284 g/mol. The van der Waals surface area contributed by atoms with E-state index >= 15 is 0 Å². The number of rotatable bonds is 5. The SMILES string of the molecule is CCC(O)C(N)Cc1ccccc1.CCc1ccccc1.CN. The van der Waals surface area contributed by atoms with Crippen molar-refractivity contribution in [3.63, 3.8) is 0 Å². The predicted molar refractivity (Wildman–Crippen MR) is 100 cm³/mol. The molecule has 2 aromatic carbocycles. The van der Waals surface area contributed by atoms with Gasteiger partial charge < -0.3 is 16.6 Å². The standard InChI is InChI=1S/C11H17NO.C8H10.CH5N/c1-2-11(13)10(12)8-9-6-4-3-5-7-9;1-2-8-6-4-3-5-7-8;1-2/h3-7,10-11,13H,2,8,12H2,1H3;3-7H,2H2,1H3;2H2,1H3. The third-order valence-corrected chi connectivity index (χ3v) is 3.48. The van der Waals surface area contributed by atoms with Crippen LogP contribution < -0.4 is 11.5 Å². The summed E-state index contributed by atoms with van der Waals surface area (Å²) in [5.74, 6) is 0. The fourth-order valence-corrected chi connectivity index (χ4v) is 2.04. The Morgan fingerprint density at radius 3 is 1.61 bits per heavy atom. The average molecular weight is 316 g/mol. The lowest BCUT2D eigenvalue weighted by molar-refractivity contribution is 0.140. The Bertz CT molecular complexity index is 474. The van der Waals surface area contributed by atoms with Crippen LogP contribution in [0.4, 0.5) is 0 Å². The number of aliphatic hydroxyl groups is 1. The highest BCUT2D eigenvalue weighted by atomic mass is 16.3. The number of aliphatic hydroxyl groups excluding tert-OH is 1. The molecule has 0 heterocycles. The second-order valence-electron chi connectivity index (χ2n) is 5.17. The molecule has 0 saturated carbocycles. The normalized spacial score (nSPS) is 12.1. The van der Waals surface area contributed by atoms with Gasteiger partial charge in [0.15, 0.2) is 0 Å². The van der Waals surface area contributed by atoms with Gasteiger partial charge in [0.05, 0.1) is 6.10 Å². The highest BCUT2D eigenvalue weighted by Gasteiger charge is 2.12. The van der Waals surface area contributed by atoms with E-state index in [9.17, 15) is 5.11 Å². The largest absolute Gasteiger partial charge is 0.392 e. The van der Waals surface area contributed by atoms with Crippen LogP contribution in [-0.2, 0) is 12.8 Å². The fraction of sp³-hybridized carbons (Fsp3) is 0.400. The molecule has 0 saturated heterocycles. The van der Waals surface area contributed by atoms with E-state index in [4.69, 9.17) is 5.73 Å². The summed E-state index contributed by atoms with van der Waals surface area (Å²) in [5, 5.41) is 9.46. The van der Waals surface area contributed by atoms with Crippen LogP contribution in [0.5, 0.6) is 0 Å². The Hall–Kier alpha value is -1.68. The minimum Gasteiger partial charge on any atom is -0.392 e. The summed E-state index contributed by atoms with van der Waals surface area (Å²) in [5.41, 5.74) is 12.9. The molecule has 0 aliphatic rings. The molecule has 0 bridgehead atoms. The summed E-state index contributed by atoms with van der Waals surface area (Å²) < 4.78 is 0. The van der Waals surface area contributed by atoms with E-state index in [-0.39, 0.29) is 12.1 Å². The molecule has 2 atom stereocenters. The summed E-state index contributed by atoms with van der Waals surface area (Å²) in [7, 11) is 1.50. The minimum atomic E-state index is -0.389. The number of hydrogen-bond acceptors (Lipinski definition) is 3. The Kier molecular flexibility index (Phi) is 12.9. The van der Waals surface area contributed by atoms with Crippen molar-refractivity contribution in [1.82, 2.24) is 0 Å². The van der Waals surface area contributed by atoms with Crippen LogP contribution in [0.25, 0.3) is 0 Å². The van der Waals surface area contributed by atoms with Crippen LogP contribution in [0.15, 0.2) is 60.7 Å². The molecule has 0 amide bonds. The maximum absolute atomic E-state index is 9.46. The lowest BCUT2D eigenvalue weighted by atomic mass is 10.0. The Labute approximate surface area is 141 Å². The molecule has 0 fully saturated rings. The molecule has 0 aliphatic carbocycles. The molecule has 3 heteroatoms. The van der Waals surface area contributed by atoms with Crippen LogP contribution in [0.3, 0.4) is 0 Å². The first-order chi connectivity index (χ1) is 11.2. The van der Waals surface area contributed by atoms with Crippen molar-refractivity contribution in [2.24, 2.45) is 11.5 Å². The van der Waals surface area contributed by atoms with Crippen molar-refractivity contribution in [1.29, 1.82) is 0 Å². The quantitative estimate of drug-likeness (QED) is 0.793. The molecule has 23 heavy (non-hydrogen) atoms. The first kappa shape index (κ1) is 21.3. The van der Waals surface area contributed by atoms with Crippen molar-refractivity contribution >= 4 is 0 Å². The van der Waals surface area contributed by atoms with Gasteiger partial charge in [0.1, 0.15) is 0 Å². The third kappa shape index (κ3) is 9.84. The van der Waals surface area contributed by atoms with Crippen LogP contribution in [0.1, 0.15) is 31.4 Å². The van der Waals surface area contributed by atoms with Gasteiger partial charge in [0, 0.05) is 6.04 Å². The van der Waals surface area contributed by atoms with Crippen LogP contribution in [-0.4, -0.2) is 24.3 Å². The van der Waals surface area contributed by atoms with Crippen molar-refractivity contribution in [2.75, 3.05) is 7.05 Å². The van der Waals surface area contributed by atoms with Crippen LogP contribution in [0.2, 0.25) is 0 Å². The number of aryl methyl sites for hydroxylation is 1. The highest BCUT2D eigenvalue weighted by Crippen LogP contribution is 2.05. The maximum atomic E-state index is 9.46. The van der Waals surface area contributed by atoms with Gasteiger partial charge in [0.2, 0.25) is 0 Å². The van der Waals surface area contributed by atoms with Crippen LogP contribution >= 0.6 is 0 Å². The van der Waals surface area contributed by atoms with Gasteiger partial charge in [-0.3, -0.25) is 0 Å². The smallest absolute Gasteiger partial charge is 0.0691 e. The predicted octanol–water partition coefficient (Wildman–Crippen LogP) is 3.15. The molecule has 2 aromatic rings. The van der Waals surface area contributed by atoms with E-state index in [1.54, 1.807) is 0 Å². The molecular formula is C20H32N2O. The molecule has 0 radical (unpaired) electrons. The monoisotopic (exact) mass is 316 g/mol. The third-order valence-electron chi connectivity index (χ3n) is 3.48. The van der Waals surface area contributed by atoms with Gasteiger partial charge in [-0.15, -0.1) is 0 Å². The summed E-state index contributed by atoms with van der Waals surface area (Å²) in [6.07, 6.45) is 2.21. The number of nitrogens with two attached hydrogens (primary N) is 2. The zero-order valence-corrected chi connectivity index (χ0v) is 14.7. The van der Waals surface area contributed by atoms with E-state index in [0.717, 1.165) is 12.8 Å². The molecule has 0 spiro atoms. The average Bonchev–Trinajstić information content (AvgIpc) is 2.64. The van der Waals surface area contributed by atoms with Gasteiger partial charge >= 0.3 is 0 Å². The zero-order chi connectivity index (χ0) is 17.5. The van der Waals surface area contributed by atoms with Crippen LogP contribution in [0, 0.1) is 0 Å². The van der Waals surface area contributed by atoms with Gasteiger partial charge in [-0.2, -0.15) is 0 Å². The lowest BCUT2D eigenvalue weighted by Gasteiger charge is -2.16. The lowest BCUT2D eigenvalue weighted by Crippen LogP contribution is -2.36. The van der Waals surface area contributed by atoms with E-state index in [0.29, 0.717) is 6.42 Å². The summed E-state index contributed by atoms with van der Waals surface area (Å²) in [6.45, 7) is 4.10. The Morgan fingerprint density at radius 2 is 1.26 bits per heavy atom. The number of hydrogen-bond donors (Lipinski definition) is 3. The number of benzene rings is 2. The van der Waals surface area contributed by atoms with E-state index in [1.165, 1.54) is 18.2 Å². The first-order valence-corrected chi connectivity index (χ1v) is 8.26.